The van der Waals surface area contributed by atoms with Gasteiger partial charge in [0.2, 0.25) is 5.91 Å². The molecule has 2 aromatic carbocycles. The van der Waals surface area contributed by atoms with Gasteiger partial charge in [0.15, 0.2) is 0 Å². The number of hydrogen-bond acceptors (Lipinski definition) is 3. The first kappa shape index (κ1) is 14.9. The molecule has 104 valence electrons. The first-order chi connectivity index (χ1) is 9.56. The van der Waals surface area contributed by atoms with Gasteiger partial charge < -0.3 is 11.1 Å². The smallest absolute Gasteiger partial charge is 0.234 e. The molecule has 0 aliphatic carbocycles. The van der Waals surface area contributed by atoms with E-state index < -0.39 is 0 Å². The lowest BCUT2D eigenvalue weighted by Gasteiger charge is -2.08. The van der Waals surface area contributed by atoms with E-state index in [1.807, 2.05) is 18.2 Å². The van der Waals surface area contributed by atoms with Gasteiger partial charge in [0.05, 0.1) is 11.4 Å². The zero-order chi connectivity index (χ0) is 14.5. The Balaban J connectivity index is 1.94. The van der Waals surface area contributed by atoms with E-state index >= 15 is 0 Å². The Kier molecular flexibility index (Phi) is 5.03. The third-order valence-corrected chi connectivity index (χ3v) is 4.26. The van der Waals surface area contributed by atoms with Crippen molar-refractivity contribution >= 4 is 45.0 Å². The normalized spacial score (nSPS) is 10.3. The third kappa shape index (κ3) is 3.98. The van der Waals surface area contributed by atoms with Crippen molar-refractivity contribution in [3.05, 3.63) is 52.8 Å². The Morgan fingerprint density at radius 1 is 1.30 bits per heavy atom. The topological polar surface area (TPSA) is 55.1 Å². The number of rotatable bonds is 4. The minimum atomic E-state index is -0.385. The molecule has 0 aliphatic rings. The second kappa shape index (κ2) is 6.76. The minimum absolute atomic E-state index is 0.148. The molecule has 0 unspecified atom stereocenters. The lowest BCUT2D eigenvalue weighted by Crippen LogP contribution is -2.14. The maximum Gasteiger partial charge on any atom is 0.234 e. The highest BCUT2D eigenvalue weighted by molar-refractivity contribution is 9.10. The number of anilines is 2. The summed E-state index contributed by atoms with van der Waals surface area (Å²) in [5, 5.41) is 2.79. The van der Waals surface area contributed by atoms with E-state index in [9.17, 15) is 9.18 Å². The molecular weight excluding hydrogens is 343 g/mol. The van der Waals surface area contributed by atoms with Crippen molar-refractivity contribution in [2.45, 2.75) is 4.90 Å². The summed E-state index contributed by atoms with van der Waals surface area (Å²) in [5.41, 5.74) is 6.73. The average Bonchev–Trinajstić information content (AvgIpc) is 2.40. The highest BCUT2D eigenvalue weighted by atomic mass is 79.9. The van der Waals surface area contributed by atoms with Crippen LogP contribution in [0.1, 0.15) is 0 Å². The molecule has 0 heterocycles. The SMILES string of the molecule is Nc1cc(F)ccc1SCC(=O)Nc1ccccc1Br. The van der Waals surface area contributed by atoms with Gasteiger partial charge in [-0.25, -0.2) is 4.39 Å². The molecule has 0 aromatic heterocycles. The van der Waals surface area contributed by atoms with Gasteiger partial charge in [-0.05, 0) is 46.3 Å². The summed E-state index contributed by atoms with van der Waals surface area (Å²) in [4.78, 5) is 12.5. The van der Waals surface area contributed by atoms with Gasteiger partial charge >= 0.3 is 0 Å². The maximum absolute atomic E-state index is 12.9. The zero-order valence-corrected chi connectivity index (χ0v) is 12.8. The highest BCUT2D eigenvalue weighted by Crippen LogP contribution is 2.26. The van der Waals surface area contributed by atoms with Gasteiger partial charge in [-0.2, -0.15) is 0 Å². The van der Waals surface area contributed by atoms with E-state index in [-0.39, 0.29) is 17.5 Å². The van der Waals surface area contributed by atoms with E-state index in [2.05, 4.69) is 21.2 Å². The van der Waals surface area contributed by atoms with Crippen molar-refractivity contribution < 1.29 is 9.18 Å². The first-order valence-corrected chi connectivity index (χ1v) is 7.56. The predicted molar refractivity (Wildman–Crippen MR) is 84.3 cm³/mol. The van der Waals surface area contributed by atoms with Gasteiger partial charge in [-0.15, -0.1) is 11.8 Å². The molecule has 0 saturated heterocycles. The monoisotopic (exact) mass is 354 g/mol. The van der Waals surface area contributed by atoms with Crippen LogP contribution >= 0.6 is 27.7 Å². The van der Waals surface area contributed by atoms with Crippen molar-refractivity contribution in [2.24, 2.45) is 0 Å². The van der Waals surface area contributed by atoms with Crippen LogP contribution in [0, 0.1) is 5.82 Å². The molecule has 0 radical (unpaired) electrons. The molecule has 6 heteroatoms. The molecule has 1 amide bonds. The highest BCUT2D eigenvalue weighted by Gasteiger charge is 2.08. The van der Waals surface area contributed by atoms with Crippen molar-refractivity contribution in [3.63, 3.8) is 0 Å². The van der Waals surface area contributed by atoms with Crippen LogP contribution in [0.5, 0.6) is 0 Å². The molecule has 2 rings (SSSR count). The van der Waals surface area contributed by atoms with E-state index in [1.165, 1.54) is 23.9 Å². The van der Waals surface area contributed by atoms with Crippen molar-refractivity contribution in [1.82, 2.24) is 0 Å². The molecule has 2 aromatic rings. The minimum Gasteiger partial charge on any atom is -0.398 e. The maximum atomic E-state index is 12.9. The van der Waals surface area contributed by atoms with Crippen LogP contribution in [0.15, 0.2) is 51.8 Å². The van der Waals surface area contributed by atoms with Gasteiger partial charge in [0.25, 0.3) is 0 Å². The number of carbonyl (C=O) groups is 1. The third-order valence-electron chi connectivity index (χ3n) is 2.48. The second-order valence-electron chi connectivity index (χ2n) is 4.00. The molecule has 20 heavy (non-hydrogen) atoms. The molecule has 0 bridgehead atoms. The second-order valence-corrected chi connectivity index (χ2v) is 5.87. The fourth-order valence-corrected chi connectivity index (χ4v) is 2.68. The predicted octanol–water partition coefficient (Wildman–Crippen LogP) is 3.90. The number of carbonyl (C=O) groups excluding carboxylic acids is 1. The standard InChI is InChI=1S/C14H12BrFN2OS/c15-10-3-1-2-4-12(10)18-14(19)8-20-13-6-5-9(16)7-11(13)17/h1-7H,8,17H2,(H,18,19). The van der Waals surface area contributed by atoms with Crippen LogP contribution in [-0.4, -0.2) is 11.7 Å². The van der Waals surface area contributed by atoms with Crippen LogP contribution in [0.4, 0.5) is 15.8 Å². The summed E-state index contributed by atoms with van der Waals surface area (Å²) >= 11 is 4.63. The summed E-state index contributed by atoms with van der Waals surface area (Å²) in [6, 6.07) is 11.5. The van der Waals surface area contributed by atoms with E-state index in [1.54, 1.807) is 12.1 Å². The number of halogens is 2. The summed E-state index contributed by atoms with van der Waals surface area (Å²) in [7, 11) is 0. The van der Waals surface area contributed by atoms with Crippen LogP contribution in [0.25, 0.3) is 0 Å². The quantitative estimate of drug-likeness (QED) is 0.646. The fourth-order valence-electron chi connectivity index (χ4n) is 1.54. The van der Waals surface area contributed by atoms with Gasteiger partial charge in [-0.1, -0.05) is 12.1 Å². The van der Waals surface area contributed by atoms with E-state index in [0.717, 1.165) is 4.47 Å². The fraction of sp³-hybridized carbons (Fsp3) is 0.0714. The number of amides is 1. The molecular formula is C14H12BrFN2OS. The molecule has 3 nitrogen and oxygen atoms in total. The Morgan fingerprint density at radius 3 is 2.75 bits per heavy atom. The Bertz CT molecular complexity index is 636. The number of para-hydroxylation sites is 1. The molecule has 0 fully saturated rings. The number of nitrogens with one attached hydrogen (secondary N) is 1. The summed E-state index contributed by atoms with van der Waals surface area (Å²) < 4.78 is 13.7. The van der Waals surface area contributed by atoms with Gasteiger partial charge in [-0.3, -0.25) is 4.79 Å². The van der Waals surface area contributed by atoms with Crippen molar-refractivity contribution in [3.8, 4) is 0 Å². The Labute approximate surface area is 128 Å². The Morgan fingerprint density at radius 2 is 2.05 bits per heavy atom. The average molecular weight is 355 g/mol. The zero-order valence-electron chi connectivity index (χ0n) is 10.4. The molecule has 0 atom stereocenters. The number of nitrogens with two attached hydrogens (primary N) is 1. The molecule has 0 spiro atoms. The summed E-state index contributed by atoms with van der Waals surface area (Å²) in [6.45, 7) is 0. The first-order valence-electron chi connectivity index (χ1n) is 5.78. The number of hydrogen-bond donors (Lipinski definition) is 2. The van der Waals surface area contributed by atoms with E-state index in [0.29, 0.717) is 16.3 Å². The van der Waals surface area contributed by atoms with Crippen LogP contribution in [0.2, 0.25) is 0 Å². The van der Waals surface area contributed by atoms with Crippen LogP contribution < -0.4 is 11.1 Å². The summed E-state index contributed by atoms with van der Waals surface area (Å²) in [5.74, 6) is -0.327. The summed E-state index contributed by atoms with van der Waals surface area (Å²) in [6.07, 6.45) is 0. The van der Waals surface area contributed by atoms with E-state index in [4.69, 9.17) is 5.73 Å². The number of benzene rings is 2. The lowest BCUT2D eigenvalue weighted by molar-refractivity contribution is -0.113. The molecule has 0 saturated carbocycles. The molecule has 3 N–H and O–H groups in total. The number of nitrogen functional groups attached to an aromatic ring is 1. The number of thioether (sulfide) groups is 1. The van der Waals surface area contributed by atoms with Crippen LogP contribution in [-0.2, 0) is 4.79 Å². The van der Waals surface area contributed by atoms with Crippen LogP contribution in [0.3, 0.4) is 0 Å². The Hall–Kier alpha value is -1.53. The van der Waals surface area contributed by atoms with Gasteiger partial charge in [0.1, 0.15) is 5.82 Å². The lowest BCUT2D eigenvalue weighted by atomic mass is 10.3. The van der Waals surface area contributed by atoms with Gasteiger partial charge in [0, 0.05) is 15.1 Å². The molecule has 0 aliphatic heterocycles. The van der Waals surface area contributed by atoms with Crippen molar-refractivity contribution in [2.75, 3.05) is 16.8 Å². The van der Waals surface area contributed by atoms with Crippen molar-refractivity contribution in [1.29, 1.82) is 0 Å². The largest absolute Gasteiger partial charge is 0.398 e.